The fourth-order valence-corrected chi connectivity index (χ4v) is 5.72. The summed E-state index contributed by atoms with van der Waals surface area (Å²) in [6, 6.07) is 8.35. The van der Waals surface area contributed by atoms with Gasteiger partial charge in [0, 0.05) is 17.6 Å². The van der Waals surface area contributed by atoms with Crippen LogP contribution in [0, 0.1) is 0 Å². The zero-order valence-corrected chi connectivity index (χ0v) is 19.5. The van der Waals surface area contributed by atoms with Crippen LogP contribution in [0.3, 0.4) is 0 Å². The number of hydrogen-bond acceptors (Lipinski definition) is 10. The highest BCUT2D eigenvalue weighted by Crippen LogP contribution is 2.59. The molecule has 2 saturated heterocycles. The van der Waals surface area contributed by atoms with Crippen molar-refractivity contribution in [1.29, 1.82) is 0 Å². The average Bonchev–Trinajstić information content (AvgIpc) is 3.27. The number of phosphoric ester groups is 1. The van der Waals surface area contributed by atoms with Crippen molar-refractivity contribution in [2.24, 2.45) is 0 Å². The topological polar surface area (TPSA) is 171 Å². The van der Waals surface area contributed by atoms with Crippen LogP contribution in [0.5, 0.6) is 0 Å². The monoisotopic (exact) mass is 512 g/mol. The van der Waals surface area contributed by atoms with Crippen molar-refractivity contribution in [2.45, 2.75) is 43.7 Å². The first kappa shape index (κ1) is 23.5. The number of hydrogen-bond donors (Lipinski definition) is 4. The van der Waals surface area contributed by atoms with E-state index in [0.717, 1.165) is 0 Å². The number of aliphatic hydroxyl groups is 2. The summed E-state index contributed by atoms with van der Waals surface area (Å²) in [5, 5.41) is 22.5. The number of fused-ring (bicyclic) bond motifs is 1. The third-order valence-corrected chi connectivity index (χ3v) is 7.52. The number of nitrogens with two attached hydrogens (primary N) is 1. The number of halogens is 1. The van der Waals surface area contributed by atoms with Gasteiger partial charge in [-0.3, -0.25) is 23.3 Å². The molecule has 3 aromatic rings. The Labute approximate surface area is 197 Å². The van der Waals surface area contributed by atoms with Gasteiger partial charge >= 0.3 is 7.82 Å². The number of ether oxygens (including phenoxy) is 1. The van der Waals surface area contributed by atoms with Gasteiger partial charge in [0.2, 0.25) is 12.2 Å². The zero-order chi connectivity index (χ0) is 24.3. The number of aromatic nitrogens is 3. The number of aliphatic hydroxyl groups excluding tert-OH is 1. The lowest BCUT2D eigenvalue weighted by Crippen LogP contribution is -2.44. The molecule has 0 bridgehead atoms. The van der Waals surface area contributed by atoms with Crippen LogP contribution in [0.25, 0.3) is 11.0 Å². The largest absolute Gasteiger partial charge is 0.477 e. The molecular formula is C20H22ClN4O8P. The van der Waals surface area contributed by atoms with Gasteiger partial charge < -0.3 is 25.3 Å². The number of benzene rings is 1. The van der Waals surface area contributed by atoms with Crippen LogP contribution in [-0.4, -0.2) is 49.4 Å². The minimum absolute atomic E-state index is 0.0608. The number of anilines is 1. The van der Waals surface area contributed by atoms with Gasteiger partial charge in [-0.15, -0.1) is 0 Å². The van der Waals surface area contributed by atoms with E-state index < -0.39 is 43.7 Å². The second kappa shape index (κ2) is 8.43. The summed E-state index contributed by atoms with van der Waals surface area (Å²) < 4.78 is 36.7. The fourth-order valence-electron chi connectivity index (χ4n) is 4.07. The average molecular weight is 513 g/mol. The molecule has 5 rings (SSSR count). The molecule has 5 N–H and O–H groups in total. The van der Waals surface area contributed by atoms with E-state index in [9.17, 15) is 19.6 Å². The minimum atomic E-state index is -4.20. The summed E-state index contributed by atoms with van der Waals surface area (Å²) >= 11 is 6.04. The fraction of sp³-hybridized carbons (Fsp3) is 0.400. The molecule has 0 amide bonds. The summed E-state index contributed by atoms with van der Waals surface area (Å²) in [5.74, 6) is -0.135. The van der Waals surface area contributed by atoms with Gasteiger partial charge in [0.25, 0.3) is 5.56 Å². The van der Waals surface area contributed by atoms with Gasteiger partial charge in [-0.1, -0.05) is 23.7 Å². The second-order valence-corrected chi connectivity index (χ2v) is 10.3. The Bertz CT molecular complexity index is 1340. The predicted octanol–water partition coefficient (Wildman–Crippen LogP) is 2.23. The van der Waals surface area contributed by atoms with Gasteiger partial charge in [0.1, 0.15) is 11.7 Å². The van der Waals surface area contributed by atoms with Crippen molar-refractivity contribution in [2.75, 3.05) is 12.3 Å². The Morgan fingerprint density at radius 2 is 2.21 bits per heavy atom. The third-order valence-electron chi connectivity index (χ3n) is 5.81. The summed E-state index contributed by atoms with van der Waals surface area (Å²) in [7, 11) is -4.20. The number of nitrogen functional groups attached to an aromatic ring is 1. The second-order valence-electron chi connectivity index (χ2n) is 8.26. The maximum atomic E-state index is 13.3. The number of rotatable bonds is 4. The molecule has 2 aliphatic rings. The molecule has 0 radical (unpaired) electrons. The highest BCUT2D eigenvalue weighted by atomic mass is 35.5. The Hall–Kier alpha value is -2.28. The van der Waals surface area contributed by atoms with E-state index in [4.69, 9.17) is 35.6 Å². The van der Waals surface area contributed by atoms with Crippen molar-refractivity contribution >= 4 is 36.4 Å². The van der Waals surface area contributed by atoms with E-state index in [1.807, 2.05) is 0 Å². The molecule has 2 fully saturated rings. The van der Waals surface area contributed by atoms with Gasteiger partial charge in [-0.05, 0) is 30.7 Å². The molecule has 4 heterocycles. The number of nitrogens with one attached hydrogen (secondary N) is 1. The Kier molecular flexibility index (Phi) is 5.82. The quantitative estimate of drug-likeness (QED) is 0.380. The van der Waals surface area contributed by atoms with Crippen LogP contribution in [0.4, 0.5) is 5.95 Å². The van der Waals surface area contributed by atoms with Crippen molar-refractivity contribution < 1.29 is 33.1 Å². The standard InChI is InChI=1S/C20H22ClN4O8P/c1-20(28)14(26)17(31-18(20)25-7-5-12-15(25)23-19(22)24-16(12)27)33-34(29)30-8-6-13(32-34)10-3-2-4-11(21)9-10/h2-5,7,9,13-14,17-18,26,28H,6,8H2,1H3,(H3,22,23,24,27)/t13-,14+,17?,18+,20+,34?/m0/s1. The lowest BCUT2D eigenvalue weighted by molar-refractivity contribution is -0.145. The van der Waals surface area contributed by atoms with Crippen molar-refractivity contribution in [3.63, 3.8) is 0 Å². The Balaban J connectivity index is 1.40. The van der Waals surface area contributed by atoms with Crippen LogP contribution in [-0.2, 0) is 22.9 Å². The van der Waals surface area contributed by atoms with E-state index in [1.54, 1.807) is 24.3 Å². The SMILES string of the molecule is C[C@@]1(O)[C@H](O)C(OP2(=O)OCC[C@@H](c3cccc(Cl)c3)O2)O[C@H]1n1ccc2c(=O)[nH]c(N)nc21. The van der Waals surface area contributed by atoms with Gasteiger partial charge in [0.05, 0.1) is 18.1 Å². The minimum Gasteiger partial charge on any atom is -0.385 e. The number of nitrogens with zero attached hydrogens (tertiary/aromatic N) is 2. The normalized spacial score (nSPS) is 34.0. The van der Waals surface area contributed by atoms with E-state index in [1.165, 1.54) is 23.8 Å². The molecule has 182 valence electrons. The molecule has 0 aliphatic carbocycles. The van der Waals surface area contributed by atoms with Gasteiger partial charge in [-0.2, -0.15) is 4.98 Å². The van der Waals surface area contributed by atoms with Crippen molar-refractivity contribution in [3.8, 4) is 0 Å². The van der Waals surface area contributed by atoms with Crippen molar-refractivity contribution in [1.82, 2.24) is 14.5 Å². The molecule has 0 spiro atoms. The molecule has 6 atom stereocenters. The van der Waals surface area contributed by atoms with E-state index >= 15 is 0 Å². The van der Waals surface area contributed by atoms with Gasteiger partial charge in [-0.25, -0.2) is 4.57 Å². The molecule has 2 unspecified atom stereocenters. The number of H-pyrrole nitrogens is 1. The molecule has 14 heteroatoms. The van der Waals surface area contributed by atoms with Crippen LogP contribution in [0.1, 0.15) is 31.2 Å². The first-order valence-corrected chi connectivity index (χ1v) is 12.2. The Morgan fingerprint density at radius 3 is 2.97 bits per heavy atom. The molecule has 1 aromatic carbocycles. The summed E-state index contributed by atoms with van der Waals surface area (Å²) in [6.07, 6.45) is -3.27. The zero-order valence-electron chi connectivity index (χ0n) is 17.8. The Morgan fingerprint density at radius 1 is 1.41 bits per heavy atom. The lowest BCUT2D eigenvalue weighted by atomic mass is 9.99. The van der Waals surface area contributed by atoms with E-state index in [0.29, 0.717) is 17.0 Å². The smallest absolute Gasteiger partial charge is 0.385 e. The lowest BCUT2D eigenvalue weighted by Gasteiger charge is -2.31. The maximum Gasteiger partial charge on any atom is 0.477 e. The predicted molar refractivity (Wildman–Crippen MR) is 120 cm³/mol. The highest BCUT2D eigenvalue weighted by molar-refractivity contribution is 7.48. The molecule has 2 aliphatic heterocycles. The highest BCUT2D eigenvalue weighted by Gasteiger charge is 2.56. The van der Waals surface area contributed by atoms with Crippen molar-refractivity contribution in [3.05, 3.63) is 57.5 Å². The molecule has 34 heavy (non-hydrogen) atoms. The molecule has 2 aromatic heterocycles. The summed E-state index contributed by atoms with van der Waals surface area (Å²) in [6.45, 7) is 1.37. The van der Waals surface area contributed by atoms with E-state index in [2.05, 4.69) is 9.97 Å². The first-order chi connectivity index (χ1) is 16.1. The summed E-state index contributed by atoms with van der Waals surface area (Å²) in [5.41, 5.74) is 4.04. The molecular weight excluding hydrogens is 491 g/mol. The molecule has 0 saturated carbocycles. The van der Waals surface area contributed by atoms with Gasteiger partial charge in [0.15, 0.2) is 11.9 Å². The maximum absolute atomic E-state index is 13.3. The number of aromatic amines is 1. The third kappa shape index (κ3) is 4.06. The molecule has 12 nitrogen and oxygen atoms in total. The van der Waals surface area contributed by atoms with Crippen LogP contribution >= 0.6 is 19.4 Å². The van der Waals surface area contributed by atoms with Crippen LogP contribution in [0.2, 0.25) is 5.02 Å². The number of phosphoric acid groups is 1. The summed E-state index contributed by atoms with van der Waals surface area (Å²) in [4.78, 5) is 18.6. The first-order valence-electron chi connectivity index (χ1n) is 10.4. The van der Waals surface area contributed by atoms with Crippen LogP contribution < -0.4 is 11.3 Å². The van der Waals surface area contributed by atoms with Crippen LogP contribution in [0.15, 0.2) is 41.3 Å². The van der Waals surface area contributed by atoms with E-state index in [-0.39, 0.29) is 23.6 Å².